The monoisotopic (exact) mass is 384 g/mol. The van der Waals surface area contributed by atoms with Crippen molar-refractivity contribution >= 4 is 15.9 Å². The number of benzene rings is 1. The lowest BCUT2D eigenvalue weighted by Gasteiger charge is -2.17. The molecule has 0 aliphatic heterocycles. The van der Waals surface area contributed by atoms with E-state index < -0.39 is 27.8 Å². The lowest BCUT2D eigenvalue weighted by atomic mass is 9.97. The summed E-state index contributed by atoms with van der Waals surface area (Å²) in [7, 11) is -2.81. The Morgan fingerprint density at radius 3 is 2.77 bits per heavy atom. The molecule has 1 atom stereocenters. The minimum atomic E-state index is -4.10. The highest BCUT2D eigenvalue weighted by Crippen LogP contribution is 2.24. The Morgan fingerprint density at radius 2 is 2.12 bits per heavy atom. The van der Waals surface area contributed by atoms with E-state index >= 15 is 0 Å². The summed E-state index contributed by atoms with van der Waals surface area (Å²) in [4.78, 5) is 11.8. The third-order valence-corrected chi connectivity index (χ3v) is 5.83. The molecule has 1 aromatic carbocycles. The molecule has 1 aliphatic rings. The lowest BCUT2D eigenvalue weighted by molar-refractivity contribution is -0.122. The van der Waals surface area contributed by atoms with Crippen molar-refractivity contribution in [2.45, 2.75) is 50.0 Å². The van der Waals surface area contributed by atoms with Gasteiger partial charge in [0.05, 0.1) is 13.2 Å². The molecule has 8 heteroatoms. The van der Waals surface area contributed by atoms with Crippen molar-refractivity contribution < 1.29 is 22.3 Å². The van der Waals surface area contributed by atoms with E-state index in [0.29, 0.717) is 6.54 Å². The minimum Gasteiger partial charge on any atom is -0.495 e. The van der Waals surface area contributed by atoms with Gasteiger partial charge in [-0.1, -0.05) is 11.6 Å². The molecule has 144 valence electrons. The lowest BCUT2D eigenvalue weighted by Crippen LogP contribution is -2.45. The fourth-order valence-electron chi connectivity index (χ4n) is 2.84. The van der Waals surface area contributed by atoms with Crippen LogP contribution >= 0.6 is 0 Å². The fourth-order valence-corrected chi connectivity index (χ4v) is 4.22. The normalized spacial score (nSPS) is 15.9. The van der Waals surface area contributed by atoms with E-state index in [4.69, 9.17) is 4.74 Å². The third-order valence-electron chi connectivity index (χ3n) is 4.27. The summed E-state index contributed by atoms with van der Waals surface area (Å²) in [5.41, 5.74) is 1.33. The number of amides is 1. The van der Waals surface area contributed by atoms with E-state index in [1.165, 1.54) is 38.5 Å². The predicted octanol–water partition coefficient (Wildman–Crippen LogP) is 2.51. The van der Waals surface area contributed by atoms with Crippen LogP contribution in [-0.2, 0) is 14.8 Å². The van der Waals surface area contributed by atoms with Gasteiger partial charge in [0.2, 0.25) is 15.9 Å². The number of nitrogens with one attached hydrogen (secondary N) is 2. The molecule has 2 N–H and O–H groups in total. The number of halogens is 1. The molecule has 1 aromatic rings. The van der Waals surface area contributed by atoms with Gasteiger partial charge in [0.25, 0.3) is 0 Å². The molecule has 0 fully saturated rings. The van der Waals surface area contributed by atoms with Crippen LogP contribution in [0.5, 0.6) is 5.75 Å². The zero-order valence-corrected chi connectivity index (χ0v) is 15.9. The van der Waals surface area contributed by atoms with Crippen LogP contribution in [0.2, 0.25) is 0 Å². The molecule has 0 heterocycles. The maximum Gasteiger partial charge on any atom is 0.245 e. The minimum absolute atomic E-state index is 0.00995. The van der Waals surface area contributed by atoms with E-state index in [2.05, 4.69) is 16.1 Å². The van der Waals surface area contributed by atoms with Crippen molar-refractivity contribution in [1.82, 2.24) is 10.0 Å². The Balaban J connectivity index is 1.94. The first-order valence-corrected chi connectivity index (χ1v) is 10.1. The first-order valence-electron chi connectivity index (χ1n) is 8.65. The van der Waals surface area contributed by atoms with Gasteiger partial charge in [0.1, 0.15) is 16.5 Å². The van der Waals surface area contributed by atoms with Crippen LogP contribution < -0.4 is 14.8 Å². The highest BCUT2D eigenvalue weighted by molar-refractivity contribution is 7.89. The summed E-state index contributed by atoms with van der Waals surface area (Å²) in [5.74, 6) is -1.12. The Morgan fingerprint density at radius 1 is 1.35 bits per heavy atom. The van der Waals surface area contributed by atoms with Gasteiger partial charge in [-0.3, -0.25) is 4.79 Å². The number of carbonyl (C=O) groups excluding carboxylic acids is 1. The number of rotatable bonds is 8. The highest BCUT2D eigenvalue weighted by atomic mass is 32.2. The summed E-state index contributed by atoms with van der Waals surface area (Å²) in [6.45, 7) is 1.90. The highest BCUT2D eigenvalue weighted by Gasteiger charge is 2.25. The molecule has 26 heavy (non-hydrogen) atoms. The maximum absolute atomic E-state index is 13.4. The SMILES string of the molecule is COc1ccc(F)cc1S(=O)(=O)NC(C)C(=O)NCCC1=CCCCC1. The Bertz CT molecular complexity index is 777. The topological polar surface area (TPSA) is 84.5 Å². The summed E-state index contributed by atoms with van der Waals surface area (Å²) >= 11 is 0. The Kier molecular flexibility index (Phi) is 7.16. The number of carbonyl (C=O) groups is 1. The third kappa shape index (κ3) is 5.54. The summed E-state index contributed by atoms with van der Waals surface area (Å²) in [5, 5.41) is 2.73. The smallest absolute Gasteiger partial charge is 0.245 e. The second-order valence-electron chi connectivity index (χ2n) is 6.29. The van der Waals surface area contributed by atoms with Crippen molar-refractivity contribution in [3.05, 3.63) is 35.7 Å². The molecule has 0 aromatic heterocycles. The number of ether oxygens (including phenoxy) is 1. The van der Waals surface area contributed by atoms with Crippen LogP contribution in [0.25, 0.3) is 0 Å². The zero-order valence-electron chi connectivity index (χ0n) is 15.0. The van der Waals surface area contributed by atoms with Gasteiger partial charge in [-0.05, 0) is 57.2 Å². The average Bonchev–Trinajstić information content (AvgIpc) is 2.62. The molecule has 0 radical (unpaired) electrons. The van der Waals surface area contributed by atoms with Crippen molar-refractivity contribution in [1.29, 1.82) is 0 Å². The van der Waals surface area contributed by atoms with Crippen LogP contribution in [0.3, 0.4) is 0 Å². The molecular formula is C18H25FN2O4S. The van der Waals surface area contributed by atoms with Gasteiger partial charge < -0.3 is 10.1 Å². The number of hydrogen-bond donors (Lipinski definition) is 2. The van der Waals surface area contributed by atoms with E-state index in [1.54, 1.807) is 0 Å². The average molecular weight is 384 g/mol. The van der Waals surface area contributed by atoms with E-state index in [-0.39, 0.29) is 10.6 Å². The second kappa shape index (κ2) is 9.14. The van der Waals surface area contributed by atoms with Gasteiger partial charge in [0.15, 0.2) is 0 Å². The van der Waals surface area contributed by atoms with Crippen molar-refractivity contribution in [3.8, 4) is 5.75 Å². The molecule has 6 nitrogen and oxygen atoms in total. The Labute approximate surface area is 153 Å². The summed E-state index contributed by atoms with van der Waals surface area (Å²) in [6.07, 6.45) is 7.48. The van der Waals surface area contributed by atoms with E-state index in [9.17, 15) is 17.6 Å². The molecule has 0 saturated heterocycles. The van der Waals surface area contributed by atoms with E-state index in [1.807, 2.05) is 0 Å². The molecular weight excluding hydrogens is 359 g/mol. The predicted molar refractivity (Wildman–Crippen MR) is 96.9 cm³/mol. The van der Waals surface area contributed by atoms with Crippen LogP contribution in [0.15, 0.2) is 34.7 Å². The fraction of sp³-hybridized carbons (Fsp3) is 0.500. The van der Waals surface area contributed by atoms with Gasteiger partial charge in [-0.25, -0.2) is 12.8 Å². The van der Waals surface area contributed by atoms with Crippen molar-refractivity contribution in [3.63, 3.8) is 0 Å². The van der Waals surface area contributed by atoms with E-state index in [0.717, 1.165) is 31.4 Å². The second-order valence-corrected chi connectivity index (χ2v) is 7.97. The van der Waals surface area contributed by atoms with Crippen LogP contribution in [0, 0.1) is 5.82 Å². The van der Waals surface area contributed by atoms with Gasteiger partial charge in [0, 0.05) is 6.54 Å². The molecule has 2 rings (SSSR count). The number of methoxy groups -OCH3 is 1. The quantitative estimate of drug-likeness (QED) is 0.675. The zero-order chi connectivity index (χ0) is 19.2. The number of sulfonamides is 1. The molecule has 0 spiro atoms. The number of hydrogen-bond acceptors (Lipinski definition) is 4. The molecule has 1 unspecified atom stereocenters. The standard InChI is InChI=1S/C18H25FN2O4S/c1-13(18(22)20-11-10-14-6-4-3-5-7-14)21-26(23,24)17-12-15(19)8-9-16(17)25-2/h6,8-9,12-13,21H,3-5,7,10-11H2,1-2H3,(H,20,22). The number of allylic oxidation sites excluding steroid dienone is 1. The first-order chi connectivity index (χ1) is 12.3. The van der Waals surface area contributed by atoms with Crippen molar-refractivity contribution in [2.24, 2.45) is 0 Å². The van der Waals surface area contributed by atoms with Crippen molar-refractivity contribution in [2.75, 3.05) is 13.7 Å². The maximum atomic E-state index is 13.4. The molecule has 0 saturated carbocycles. The van der Waals surface area contributed by atoms with Crippen LogP contribution in [0.4, 0.5) is 4.39 Å². The summed E-state index contributed by atoms with van der Waals surface area (Å²) in [6, 6.07) is 2.20. The van der Waals surface area contributed by atoms with Gasteiger partial charge >= 0.3 is 0 Å². The van der Waals surface area contributed by atoms with Gasteiger partial charge in [-0.15, -0.1) is 0 Å². The van der Waals surface area contributed by atoms with Crippen LogP contribution in [-0.4, -0.2) is 34.0 Å². The van der Waals surface area contributed by atoms with Gasteiger partial charge in [-0.2, -0.15) is 4.72 Å². The summed E-state index contributed by atoms with van der Waals surface area (Å²) < 4.78 is 45.6. The molecule has 1 aliphatic carbocycles. The Hall–Kier alpha value is -1.93. The largest absolute Gasteiger partial charge is 0.495 e. The van der Waals surface area contributed by atoms with Crippen LogP contribution in [0.1, 0.15) is 39.0 Å². The molecule has 1 amide bonds. The molecule has 0 bridgehead atoms. The first kappa shape index (κ1) is 20.4.